The van der Waals surface area contributed by atoms with Gasteiger partial charge in [0.2, 0.25) is 0 Å². The molecule has 0 aliphatic carbocycles. The monoisotopic (exact) mass is 470 g/mol. The standard InChI is InChI=1S/C34H46O/c1-31(2,3)24-18-14-19-25(32(4,5)6)28(24)22-16-13-17-23(30(22)35)29-26(33(7,8)9)20-15-21-27(29)34(10,11)12/h13-21,35H,1-12H3. The third-order valence-corrected chi connectivity index (χ3v) is 6.94. The summed E-state index contributed by atoms with van der Waals surface area (Å²) in [5.41, 5.74) is 8.98. The van der Waals surface area contributed by atoms with Crippen LogP contribution in [0.5, 0.6) is 5.75 Å². The highest BCUT2D eigenvalue weighted by molar-refractivity contribution is 5.88. The first-order valence-corrected chi connectivity index (χ1v) is 13.0. The summed E-state index contributed by atoms with van der Waals surface area (Å²) in [6, 6.07) is 19.5. The lowest BCUT2D eigenvalue weighted by molar-refractivity contribution is 0.477. The molecular formula is C34H46O. The number of hydrogen-bond acceptors (Lipinski definition) is 1. The zero-order valence-electron chi connectivity index (χ0n) is 24.1. The van der Waals surface area contributed by atoms with E-state index >= 15 is 0 Å². The first-order valence-electron chi connectivity index (χ1n) is 13.0. The van der Waals surface area contributed by atoms with Gasteiger partial charge in [0.15, 0.2) is 0 Å². The zero-order chi connectivity index (χ0) is 26.6. The van der Waals surface area contributed by atoms with E-state index < -0.39 is 0 Å². The topological polar surface area (TPSA) is 20.2 Å². The van der Waals surface area contributed by atoms with Crippen LogP contribution in [0, 0.1) is 0 Å². The number of phenols is 1. The Hall–Kier alpha value is -2.54. The van der Waals surface area contributed by atoms with Crippen LogP contribution in [0.15, 0.2) is 54.6 Å². The maximum atomic E-state index is 12.1. The lowest BCUT2D eigenvalue weighted by atomic mass is 9.72. The van der Waals surface area contributed by atoms with Gasteiger partial charge >= 0.3 is 0 Å². The van der Waals surface area contributed by atoms with Gasteiger partial charge in [-0.2, -0.15) is 0 Å². The Morgan fingerprint density at radius 3 is 0.857 bits per heavy atom. The van der Waals surface area contributed by atoms with E-state index in [4.69, 9.17) is 0 Å². The molecule has 0 radical (unpaired) electrons. The van der Waals surface area contributed by atoms with Crippen molar-refractivity contribution >= 4 is 0 Å². The van der Waals surface area contributed by atoms with E-state index in [1.807, 2.05) is 0 Å². The van der Waals surface area contributed by atoms with Gasteiger partial charge in [0.1, 0.15) is 5.75 Å². The molecule has 0 bridgehead atoms. The van der Waals surface area contributed by atoms with Gasteiger partial charge in [-0.1, -0.05) is 138 Å². The van der Waals surface area contributed by atoms with Crippen molar-refractivity contribution in [2.45, 2.75) is 105 Å². The average Bonchev–Trinajstić information content (AvgIpc) is 2.70. The molecule has 0 aliphatic rings. The first kappa shape index (κ1) is 27.1. The van der Waals surface area contributed by atoms with Gasteiger partial charge in [0.25, 0.3) is 0 Å². The molecular weight excluding hydrogens is 424 g/mol. The Morgan fingerprint density at radius 1 is 0.400 bits per heavy atom. The SMILES string of the molecule is CC(C)(C)c1cccc(C(C)(C)C)c1-c1cccc(-c2c(C(C)(C)C)cccc2C(C)(C)C)c1O. The Morgan fingerprint density at radius 2 is 0.629 bits per heavy atom. The molecule has 0 unspecified atom stereocenters. The minimum absolute atomic E-state index is 0.0566. The van der Waals surface area contributed by atoms with Gasteiger partial charge in [0, 0.05) is 11.1 Å². The van der Waals surface area contributed by atoms with Crippen LogP contribution < -0.4 is 0 Å². The fourth-order valence-electron chi connectivity index (χ4n) is 5.13. The molecule has 0 saturated heterocycles. The first-order chi connectivity index (χ1) is 15.8. The van der Waals surface area contributed by atoms with Crippen molar-refractivity contribution in [2.24, 2.45) is 0 Å². The van der Waals surface area contributed by atoms with Crippen molar-refractivity contribution in [1.29, 1.82) is 0 Å². The maximum absolute atomic E-state index is 12.1. The summed E-state index contributed by atoms with van der Waals surface area (Å²) in [5.74, 6) is 0.372. The number of benzene rings is 3. The van der Waals surface area contributed by atoms with Gasteiger partial charge < -0.3 is 5.11 Å². The summed E-state index contributed by atoms with van der Waals surface area (Å²) in [4.78, 5) is 0. The highest BCUT2D eigenvalue weighted by Gasteiger charge is 2.31. The van der Waals surface area contributed by atoms with Crippen LogP contribution in [-0.4, -0.2) is 5.11 Å². The minimum atomic E-state index is -0.0566. The van der Waals surface area contributed by atoms with Crippen molar-refractivity contribution in [2.75, 3.05) is 0 Å². The second kappa shape index (κ2) is 8.84. The third kappa shape index (κ3) is 5.35. The van der Waals surface area contributed by atoms with Crippen molar-refractivity contribution in [3.8, 4) is 28.0 Å². The molecule has 35 heavy (non-hydrogen) atoms. The minimum Gasteiger partial charge on any atom is -0.507 e. The molecule has 0 aliphatic heterocycles. The van der Waals surface area contributed by atoms with Gasteiger partial charge in [-0.15, -0.1) is 0 Å². The summed E-state index contributed by atoms with van der Waals surface area (Å²) in [5, 5.41) is 12.1. The highest BCUT2D eigenvalue weighted by atomic mass is 16.3. The van der Waals surface area contributed by atoms with Crippen LogP contribution in [0.2, 0.25) is 0 Å². The third-order valence-electron chi connectivity index (χ3n) is 6.94. The zero-order valence-corrected chi connectivity index (χ0v) is 24.1. The van der Waals surface area contributed by atoms with E-state index in [0.717, 1.165) is 22.3 Å². The van der Waals surface area contributed by atoms with Crippen molar-refractivity contribution in [3.05, 3.63) is 76.9 Å². The molecule has 188 valence electrons. The van der Waals surface area contributed by atoms with E-state index in [1.54, 1.807) is 0 Å². The molecule has 0 aromatic heterocycles. The highest BCUT2D eigenvalue weighted by Crippen LogP contribution is 2.49. The number of rotatable bonds is 2. The number of hydrogen-bond donors (Lipinski definition) is 1. The van der Waals surface area contributed by atoms with Gasteiger partial charge in [0.05, 0.1) is 0 Å². The Kier molecular flexibility index (Phi) is 6.83. The van der Waals surface area contributed by atoms with E-state index in [2.05, 4.69) is 138 Å². The smallest absolute Gasteiger partial charge is 0.131 e. The maximum Gasteiger partial charge on any atom is 0.131 e. The lowest BCUT2D eigenvalue weighted by Crippen LogP contribution is -2.20. The molecule has 1 nitrogen and oxygen atoms in total. The van der Waals surface area contributed by atoms with Crippen molar-refractivity contribution in [1.82, 2.24) is 0 Å². The summed E-state index contributed by atoms with van der Waals surface area (Å²) in [7, 11) is 0. The van der Waals surface area contributed by atoms with Crippen LogP contribution in [0.4, 0.5) is 0 Å². The second-order valence-corrected chi connectivity index (χ2v) is 14.2. The summed E-state index contributed by atoms with van der Waals surface area (Å²) >= 11 is 0. The lowest BCUT2D eigenvalue weighted by Gasteiger charge is -2.32. The fraction of sp³-hybridized carbons (Fsp3) is 0.471. The Bertz CT molecular complexity index is 1060. The number of para-hydroxylation sites is 1. The van der Waals surface area contributed by atoms with Crippen LogP contribution in [0.25, 0.3) is 22.3 Å². The molecule has 1 heteroatoms. The Balaban J connectivity index is 2.49. The molecule has 0 spiro atoms. The van der Waals surface area contributed by atoms with Crippen LogP contribution in [0.3, 0.4) is 0 Å². The van der Waals surface area contributed by atoms with Crippen LogP contribution in [0.1, 0.15) is 105 Å². The molecule has 0 atom stereocenters. The number of aromatic hydroxyl groups is 1. The molecule has 0 saturated carbocycles. The average molecular weight is 471 g/mol. The molecule has 0 fully saturated rings. The number of phenolic OH excluding ortho intramolecular Hbond substituents is 1. The van der Waals surface area contributed by atoms with E-state index in [-0.39, 0.29) is 21.7 Å². The van der Waals surface area contributed by atoms with Crippen LogP contribution >= 0.6 is 0 Å². The fourth-order valence-corrected chi connectivity index (χ4v) is 5.13. The van der Waals surface area contributed by atoms with Gasteiger partial charge in [-0.25, -0.2) is 0 Å². The molecule has 3 rings (SSSR count). The predicted octanol–water partition coefficient (Wildman–Crippen LogP) is 9.92. The predicted molar refractivity (Wildman–Crippen MR) is 154 cm³/mol. The molecule has 3 aromatic rings. The summed E-state index contributed by atoms with van der Waals surface area (Å²) in [6.07, 6.45) is 0. The summed E-state index contributed by atoms with van der Waals surface area (Å²) < 4.78 is 0. The molecule has 0 amide bonds. The summed E-state index contributed by atoms with van der Waals surface area (Å²) in [6.45, 7) is 27.1. The second-order valence-electron chi connectivity index (χ2n) is 14.2. The van der Waals surface area contributed by atoms with Crippen LogP contribution in [-0.2, 0) is 21.7 Å². The van der Waals surface area contributed by atoms with Crippen molar-refractivity contribution < 1.29 is 5.11 Å². The van der Waals surface area contributed by atoms with Crippen molar-refractivity contribution in [3.63, 3.8) is 0 Å². The Labute approximate surface area is 214 Å². The largest absolute Gasteiger partial charge is 0.507 e. The molecule has 1 N–H and O–H groups in total. The van der Waals surface area contributed by atoms with Gasteiger partial charge in [-0.3, -0.25) is 0 Å². The normalized spacial score (nSPS) is 13.3. The van der Waals surface area contributed by atoms with E-state index in [9.17, 15) is 5.11 Å². The van der Waals surface area contributed by atoms with E-state index in [1.165, 1.54) is 22.3 Å². The molecule has 0 heterocycles. The van der Waals surface area contributed by atoms with E-state index in [0.29, 0.717) is 5.75 Å². The van der Waals surface area contributed by atoms with Gasteiger partial charge in [-0.05, 0) is 55.0 Å². The quantitative estimate of drug-likeness (QED) is 0.395. The molecule has 3 aromatic carbocycles.